The summed E-state index contributed by atoms with van der Waals surface area (Å²) in [5.74, 6) is 0.178. The minimum absolute atomic E-state index is 0.178. The third-order valence-corrected chi connectivity index (χ3v) is 3.83. The maximum absolute atomic E-state index is 12.0. The summed E-state index contributed by atoms with van der Waals surface area (Å²) in [7, 11) is 0. The zero-order valence-corrected chi connectivity index (χ0v) is 12.3. The van der Waals surface area contributed by atoms with Crippen LogP contribution < -0.4 is 0 Å². The Morgan fingerprint density at radius 2 is 2.11 bits per heavy atom. The van der Waals surface area contributed by atoms with Crippen molar-refractivity contribution in [3.05, 3.63) is 33.3 Å². The van der Waals surface area contributed by atoms with E-state index < -0.39 is 0 Å². The van der Waals surface area contributed by atoms with Gasteiger partial charge in [-0.3, -0.25) is 4.79 Å². The molecule has 1 heterocycles. The number of nitrogens with zero attached hydrogens (tertiary/aromatic N) is 1. The number of benzene rings is 1. The number of amides is 1. The molecule has 0 bridgehead atoms. The Morgan fingerprint density at radius 3 is 2.78 bits per heavy atom. The second-order valence-corrected chi connectivity index (χ2v) is 5.55. The van der Waals surface area contributed by atoms with Crippen molar-refractivity contribution in [3.63, 3.8) is 0 Å². The molecule has 0 aromatic heterocycles. The molecule has 0 aliphatic carbocycles. The quantitative estimate of drug-likeness (QED) is 0.852. The summed E-state index contributed by atoms with van der Waals surface area (Å²) in [6.07, 6.45) is 1.18. The predicted octanol–water partition coefficient (Wildman–Crippen LogP) is 2.89. The molecule has 0 radical (unpaired) electrons. The monoisotopic (exact) mass is 331 g/mol. The van der Waals surface area contributed by atoms with E-state index in [1.54, 1.807) is 0 Å². The van der Waals surface area contributed by atoms with E-state index in [4.69, 9.17) is 16.3 Å². The molecule has 3 nitrogen and oxygen atoms in total. The lowest BCUT2D eigenvalue weighted by molar-refractivity contribution is -0.135. The maximum atomic E-state index is 12.0. The summed E-state index contributed by atoms with van der Waals surface area (Å²) in [5, 5.41) is 0.708. The topological polar surface area (TPSA) is 29.5 Å². The first kappa shape index (κ1) is 13.8. The third-order valence-electron chi connectivity index (χ3n) is 2.99. The van der Waals surface area contributed by atoms with Crippen LogP contribution >= 0.6 is 27.5 Å². The van der Waals surface area contributed by atoms with Gasteiger partial charge in [0.2, 0.25) is 5.91 Å². The van der Waals surface area contributed by atoms with E-state index in [1.807, 2.05) is 23.1 Å². The van der Waals surface area contributed by atoms with Crippen molar-refractivity contribution in [1.82, 2.24) is 4.90 Å². The summed E-state index contributed by atoms with van der Waals surface area (Å²) in [4.78, 5) is 13.8. The summed E-state index contributed by atoms with van der Waals surface area (Å²) in [6.45, 7) is 2.69. The van der Waals surface area contributed by atoms with Crippen LogP contribution in [0.5, 0.6) is 0 Å². The first-order valence-corrected chi connectivity index (χ1v) is 7.13. The van der Waals surface area contributed by atoms with Crippen LogP contribution in [0.2, 0.25) is 5.02 Å². The molecule has 0 spiro atoms. The molecule has 0 atom stereocenters. The summed E-state index contributed by atoms with van der Waals surface area (Å²) >= 11 is 9.49. The van der Waals surface area contributed by atoms with E-state index in [2.05, 4.69) is 15.9 Å². The number of hydrogen-bond acceptors (Lipinski definition) is 2. The minimum atomic E-state index is 0.178. The lowest BCUT2D eigenvalue weighted by Crippen LogP contribution is -2.40. The van der Waals surface area contributed by atoms with Crippen LogP contribution in [0.15, 0.2) is 22.7 Å². The Labute approximate surface area is 120 Å². The highest BCUT2D eigenvalue weighted by Crippen LogP contribution is 2.22. The van der Waals surface area contributed by atoms with Gasteiger partial charge in [0.25, 0.3) is 0 Å². The van der Waals surface area contributed by atoms with E-state index in [0.29, 0.717) is 44.2 Å². The van der Waals surface area contributed by atoms with Crippen molar-refractivity contribution in [3.8, 4) is 0 Å². The van der Waals surface area contributed by atoms with Gasteiger partial charge in [0.05, 0.1) is 13.2 Å². The van der Waals surface area contributed by atoms with Gasteiger partial charge in [-0.2, -0.15) is 0 Å². The third kappa shape index (κ3) is 3.70. The van der Waals surface area contributed by atoms with Gasteiger partial charge in [-0.25, -0.2) is 0 Å². The zero-order chi connectivity index (χ0) is 13.0. The molecule has 1 amide bonds. The Kier molecular flexibility index (Phi) is 5.03. The van der Waals surface area contributed by atoms with Crippen LogP contribution in [-0.2, 0) is 16.0 Å². The SMILES string of the molecule is O=C(CCc1ccc(Br)cc1Cl)N1CCOCC1. The van der Waals surface area contributed by atoms with Gasteiger partial charge in [-0.15, -0.1) is 0 Å². The second kappa shape index (κ2) is 6.55. The second-order valence-electron chi connectivity index (χ2n) is 4.23. The number of aryl methyl sites for hydroxylation is 1. The summed E-state index contributed by atoms with van der Waals surface area (Å²) < 4.78 is 6.18. The van der Waals surface area contributed by atoms with Gasteiger partial charge in [0.15, 0.2) is 0 Å². The van der Waals surface area contributed by atoms with Crippen molar-refractivity contribution < 1.29 is 9.53 Å². The fourth-order valence-electron chi connectivity index (χ4n) is 1.94. The molecule has 5 heteroatoms. The van der Waals surface area contributed by atoms with Crippen LogP contribution in [0, 0.1) is 0 Å². The summed E-state index contributed by atoms with van der Waals surface area (Å²) in [6, 6.07) is 5.76. The summed E-state index contributed by atoms with van der Waals surface area (Å²) in [5.41, 5.74) is 1.02. The van der Waals surface area contributed by atoms with Crippen LogP contribution in [-0.4, -0.2) is 37.1 Å². The van der Waals surface area contributed by atoms with Crippen molar-refractivity contribution in [2.24, 2.45) is 0 Å². The smallest absolute Gasteiger partial charge is 0.223 e. The van der Waals surface area contributed by atoms with Gasteiger partial charge in [0.1, 0.15) is 0 Å². The van der Waals surface area contributed by atoms with E-state index in [0.717, 1.165) is 10.0 Å². The molecule has 1 aliphatic heterocycles. The van der Waals surface area contributed by atoms with Crippen molar-refractivity contribution in [2.45, 2.75) is 12.8 Å². The lowest BCUT2D eigenvalue weighted by Gasteiger charge is -2.26. The van der Waals surface area contributed by atoms with Gasteiger partial charge in [0, 0.05) is 29.0 Å². The van der Waals surface area contributed by atoms with Crippen molar-refractivity contribution >= 4 is 33.4 Å². The number of ether oxygens (including phenoxy) is 1. The zero-order valence-electron chi connectivity index (χ0n) is 9.99. The normalized spacial score (nSPS) is 15.8. The average molecular weight is 333 g/mol. The van der Waals surface area contributed by atoms with E-state index in [1.165, 1.54) is 0 Å². The molecule has 18 heavy (non-hydrogen) atoms. The van der Waals surface area contributed by atoms with Crippen molar-refractivity contribution in [2.75, 3.05) is 26.3 Å². The van der Waals surface area contributed by atoms with Crippen LogP contribution in [0.1, 0.15) is 12.0 Å². The van der Waals surface area contributed by atoms with Crippen LogP contribution in [0.25, 0.3) is 0 Å². The standard InChI is InChI=1S/C13H15BrClNO2/c14-11-3-1-10(12(15)9-11)2-4-13(17)16-5-7-18-8-6-16/h1,3,9H,2,4-8H2. The Morgan fingerprint density at radius 1 is 1.39 bits per heavy atom. The molecule has 1 aromatic rings. The highest BCUT2D eigenvalue weighted by Gasteiger charge is 2.16. The average Bonchev–Trinajstić information content (AvgIpc) is 2.38. The molecule has 1 fully saturated rings. The molecular formula is C13H15BrClNO2. The predicted molar refractivity (Wildman–Crippen MR) is 74.9 cm³/mol. The van der Waals surface area contributed by atoms with Gasteiger partial charge < -0.3 is 9.64 Å². The Bertz CT molecular complexity index is 433. The molecule has 0 unspecified atom stereocenters. The van der Waals surface area contributed by atoms with Crippen molar-refractivity contribution in [1.29, 1.82) is 0 Å². The molecule has 1 saturated heterocycles. The Balaban J connectivity index is 1.88. The van der Waals surface area contributed by atoms with Gasteiger partial charge in [-0.05, 0) is 24.1 Å². The number of morpholine rings is 1. The van der Waals surface area contributed by atoms with Crippen LogP contribution in [0.4, 0.5) is 0 Å². The number of rotatable bonds is 3. The van der Waals surface area contributed by atoms with Gasteiger partial charge >= 0.3 is 0 Å². The maximum Gasteiger partial charge on any atom is 0.223 e. The van der Waals surface area contributed by atoms with Gasteiger partial charge in [-0.1, -0.05) is 33.6 Å². The highest BCUT2D eigenvalue weighted by atomic mass is 79.9. The van der Waals surface area contributed by atoms with E-state index in [9.17, 15) is 4.79 Å². The number of carbonyl (C=O) groups excluding carboxylic acids is 1. The highest BCUT2D eigenvalue weighted by molar-refractivity contribution is 9.10. The largest absolute Gasteiger partial charge is 0.378 e. The first-order valence-electron chi connectivity index (χ1n) is 5.96. The first-order chi connectivity index (χ1) is 8.66. The molecule has 0 N–H and O–H groups in total. The van der Waals surface area contributed by atoms with Crippen LogP contribution in [0.3, 0.4) is 0 Å². The number of hydrogen-bond donors (Lipinski definition) is 0. The lowest BCUT2D eigenvalue weighted by atomic mass is 10.1. The number of carbonyl (C=O) groups is 1. The molecule has 2 rings (SSSR count). The fraction of sp³-hybridized carbons (Fsp3) is 0.462. The minimum Gasteiger partial charge on any atom is -0.378 e. The molecule has 0 saturated carbocycles. The van der Waals surface area contributed by atoms with E-state index in [-0.39, 0.29) is 5.91 Å². The van der Waals surface area contributed by atoms with E-state index >= 15 is 0 Å². The molecule has 98 valence electrons. The fourth-order valence-corrected chi connectivity index (χ4v) is 2.70. The number of halogens is 2. The molecule has 1 aliphatic rings. The molecule has 1 aromatic carbocycles. The molecular weight excluding hydrogens is 318 g/mol. The Hall–Kier alpha value is -0.580.